The number of carbonyl (C=O) groups excluding carboxylic acids is 2. The van der Waals surface area contributed by atoms with E-state index in [4.69, 9.17) is 5.11 Å². The molecule has 1 saturated heterocycles. The lowest BCUT2D eigenvalue weighted by atomic mass is 10.1. The molecular weight excluding hydrogens is 563 g/mol. The van der Waals surface area contributed by atoms with Crippen molar-refractivity contribution in [1.82, 2.24) is 20.2 Å². The first-order chi connectivity index (χ1) is 19.9. The lowest BCUT2D eigenvalue weighted by Gasteiger charge is -2.23. The Morgan fingerprint density at radius 1 is 0.952 bits per heavy atom. The molecule has 3 aromatic rings. The van der Waals surface area contributed by atoms with Crippen molar-refractivity contribution in [2.75, 3.05) is 24.5 Å². The maximum absolute atomic E-state index is 15.2. The number of aromatic nitrogens is 2. The van der Waals surface area contributed by atoms with Crippen molar-refractivity contribution >= 4 is 40.6 Å². The van der Waals surface area contributed by atoms with Gasteiger partial charge in [-0.3, -0.25) is 23.7 Å². The smallest absolute Gasteiger partial charge is 0.341 e. The van der Waals surface area contributed by atoms with Crippen LogP contribution in [0.25, 0.3) is 16.7 Å². The number of carbonyl (C=O) groups is 4. The molecule has 1 aliphatic heterocycles. The molecule has 1 aliphatic carbocycles. The largest absolute Gasteiger partial charge is 0.481 e. The Hall–Kier alpha value is -4.95. The van der Waals surface area contributed by atoms with Gasteiger partial charge in [0.05, 0.1) is 17.5 Å². The zero-order valence-corrected chi connectivity index (χ0v) is 21.8. The average Bonchev–Trinajstić information content (AvgIpc) is 3.33. The van der Waals surface area contributed by atoms with Gasteiger partial charge in [0.15, 0.2) is 17.3 Å². The molecule has 5 rings (SSSR count). The third-order valence-corrected chi connectivity index (χ3v) is 7.37. The van der Waals surface area contributed by atoms with Crippen LogP contribution in [-0.4, -0.2) is 69.2 Å². The second-order valence-corrected chi connectivity index (χ2v) is 10.1. The Morgan fingerprint density at radius 3 is 2.29 bits per heavy atom. The quantitative estimate of drug-likeness (QED) is 0.274. The minimum absolute atomic E-state index is 0.0343. The van der Waals surface area contributed by atoms with Crippen molar-refractivity contribution in [1.29, 1.82) is 0 Å². The molecule has 4 N–H and O–H groups in total. The number of halogens is 3. The molecule has 0 bridgehead atoms. The van der Waals surface area contributed by atoms with Crippen LogP contribution < -0.4 is 21.0 Å². The number of amides is 2. The zero-order valence-electron chi connectivity index (χ0n) is 21.8. The van der Waals surface area contributed by atoms with Crippen molar-refractivity contribution < 1.29 is 42.6 Å². The van der Waals surface area contributed by atoms with Gasteiger partial charge in [0.1, 0.15) is 17.2 Å². The number of pyridine rings is 2. The first-order valence-corrected chi connectivity index (χ1v) is 12.9. The zero-order chi connectivity index (χ0) is 30.3. The van der Waals surface area contributed by atoms with Crippen molar-refractivity contribution in [3.8, 4) is 5.69 Å². The van der Waals surface area contributed by atoms with Crippen LogP contribution in [0.15, 0.2) is 35.3 Å². The summed E-state index contributed by atoms with van der Waals surface area (Å²) in [7, 11) is 0. The number of carboxylic acids is 2. The number of aromatic carboxylic acids is 1. The van der Waals surface area contributed by atoms with Crippen LogP contribution in [0.4, 0.5) is 19.0 Å². The Labute approximate surface area is 234 Å². The number of benzene rings is 1. The third kappa shape index (κ3) is 5.62. The molecule has 15 heteroatoms. The van der Waals surface area contributed by atoms with Crippen molar-refractivity contribution in [3.05, 3.63) is 63.7 Å². The summed E-state index contributed by atoms with van der Waals surface area (Å²) < 4.78 is 44.4. The number of aliphatic carboxylic acids is 1. The molecule has 0 spiro atoms. The van der Waals surface area contributed by atoms with Gasteiger partial charge < -0.3 is 25.7 Å². The highest BCUT2D eigenvalue weighted by molar-refractivity contribution is 5.92. The average molecular weight is 588 g/mol. The van der Waals surface area contributed by atoms with Gasteiger partial charge in [0.25, 0.3) is 0 Å². The highest BCUT2D eigenvalue weighted by atomic mass is 19.1. The Kier molecular flexibility index (Phi) is 7.58. The van der Waals surface area contributed by atoms with Gasteiger partial charge in [-0.15, -0.1) is 0 Å². The molecule has 1 unspecified atom stereocenters. The lowest BCUT2D eigenvalue weighted by molar-refractivity contribution is -0.137. The normalized spacial score (nSPS) is 18.9. The molecule has 3 heterocycles. The molecule has 220 valence electrons. The van der Waals surface area contributed by atoms with E-state index in [1.54, 1.807) is 4.90 Å². The van der Waals surface area contributed by atoms with Crippen LogP contribution in [0.2, 0.25) is 0 Å². The van der Waals surface area contributed by atoms with Crippen LogP contribution in [0, 0.1) is 29.3 Å². The van der Waals surface area contributed by atoms with Gasteiger partial charge in [0.2, 0.25) is 17.2 Å². The second kappa shape index (κ2) is 11.1. The summed E-state index contributed by atoms with van der Waals surface area (Å²) in [4.78, 5) is 64.9. The number of nitrogens with one attached hydrogen (secondary N) is 2. The summed E-state index contributed by atoms with van der Waals surface area (Å²) in [6.07, 6.45) is 0.440. The van der Waals surface area contributed by atoms with Crippen LogP contribution in [0.3, 0.4) is 0 Å². The molecule has 2 fully saturated rings. The maximum atomic E-state index is 15.2. The van der Waals surface area contributed by atoms with Crippen LogP contribution in [0.5, 0.6) is 0 Å². The van der Waals surface area contributed by atoms with E-state index < -0.39 is 51.7 Å². The molecule has 42 heavy (non-hydrogen) atoms. The van der Waals surface area contributed by atoms with E-state index in [1.807, 2.05) is 0 Å². The number of carboxylic acid groups (broad SMARTS) is 2. The van der Waals surface area contributed by atoms with E-state index in [9.17, 15) is 37.9 Å². The first-order valence-electron chi connectivity index (χ1n) is 12.9. The van der Waals surface area contributed by atoms with E-state index in [0.717, 1.165) is 29.0 Å². The summed E-state index contributed by atoms with van der Waals surface area (Å²) in [6.45, 7) is 0.555. The number of nitrogens with zero attached hydrogens (tertiary/aromatic N) is 3. The molecule has 1 saturated carbocycles. The third-order valence-electron chi connectivity index (χ3n) is 7.37. The molecule has 2 aliphatic rings. The fraction of sp³-hybridized carbons (Fsp3) is 0.333. The van der Waals surface area contributed by atoms with Crippen LogP contribution in [-0.2, 0) is 14.4 Å². The number of anilines is 1. The molecule has 1 aromatic carbocycles. The number of hydrogen-bond donors (Lipinski definition) is 4. The van der Waals surface area contributed by atoms with Crippen LogP contribution in [0.1, 0.15) is 29.6 Å². The summed E-state index contributed by atoms with van der Waals surface area (Å²) >= 11 is 0. The first kappa shape index (κ1) is 28.6. The predicted molar refractivity (Wildman–Crippen MR) is 140 cm³/mol. The van der Waals surface area contributed by atoms with Crippen molar-refractivity contribution in [2.45, 2.75) is 25.3 Å². The van der Waals surface area contributed by atoms with Crippen molar-refractivity contribution in [2.24, 2.45) is 11.8 Å². The summed E-state index contributed by atoms with van der Waals surface area (Å²) in [5.41, 5.74) is -2.29. The topological polar surface area (TPSA) is 171 Å². The molecule has 12 nitrogen and oxygen atoms in total. The van der Waals surface area contributed by atoms with E-state index >= 15 is 4.39 Å². The minimum atomic E-state index is -1.62. The maximum Gasteiger partial charge on any atom is 0.341 e. The Bertz CT molecular complexity index is 1680. The Balaban J connectivity index is 1.31. The molecule has 2 amide bonds. The molecule has 0 radical (unpaired) electrons. The lowest BCUT2D eigenvalue weighted by Crippen LogP contribution is -2.36. The van der Waals surface area contributed by atoms with Crippen molar-refractivity contribution in [3.63, 3.8) is 0 Å². The van der Waals surface area contributed by atoms with E-state index in [-0.39, 0.29) is 66.7 Å². The number of piperidine rings is 1. The van der Waals surface area contributed by atoms with Crippen LogP contribution >= 0.6 is 0 Å². The fourth-order valence-electron chi connectivity index (χ4n) is 5.24. The highest BCUT2D eigenvalue weighted by Crippen LogP contribution is 2.47. The SMILES string of the molecule is O=C(O)CCNC(=O)CCC(=O)NC1[C@H]2CN(c3nc4c(cc3F)c(=O)c(C(=O)O)cn4-c3ccc(F)cc3F)C[C@@H]12. The molecular formula is C27H24F3N5O7. The second-order valence-electron chi connectivity index (χ2n) is 10.1. The summed E-state index contributed by atoms with van der Waals surface area (Å²) in [5, 5.41) is 22.9. The number of hydrogen-bond acceptors (Lipinski definition) is 7. The van der Waals surface area contributed by atoms with E-state index in [2.05, 4.69) is 15.6 Å². The van der Waals surface area contributed by atoms with Gasteiger partial charge in [-0.05, 0) is 18.2 Å². The predicted octanol–water partition coefficient (Wildman–Crippen LogP) is 1.42. The highest BCUT2D eigenvalue weighted by Gasteiger charge is 2.57. The molecule has 3 atom stereocenters. The van der Waals surface area contributed by atoms with Gasteiger partial charge in [0, 0.05) is 62.6 Å². The fourth-order valence-corrected chi connectivity index (χ4v) is 5.24. The monoisotopic (exact) mass is 587 g/mol. The molecule has 2 aromatic heterocycles. The van der Waals surface area contributed by atoms with Gasteiger partial charge in [-0.1, -0.05) is 0 Å². The Morgan fingerprint density at radius 2 is 1.64 bits per heavy atom. The van der Waals surface area contributed by atoms with Gasteiger partial charge in [-0.2, -0.15) is 0 Å². The van der Waals surface area contributed by atoms with Gasteiger partial charge >= 0.3 is 11.9 Å². The van der Waals surface area contributed by atoms with Gasteiger partial charge in [-0.25, -0.2) is 22.9 Å². The number of fused-ring (bicyclic) bond motifs is 2. The minimum Gasteiger partial charge on any atom is -0.481 e. The summed E-state index contributed by atoms with van der Waals surface area (Å²) in [6, 6.07) is 3.22. The number of rotatable bonds is 10. The van der Waals surface area contributed by atoms with E-state index in [0.29, 0.717) is 19.2 Å². The summed E-state index contributed by atoms with van der Waals surface area (Å²) in [5.74, 6) is -6.54. The van der Waals surface area contributed by atoms with E-state index in [1.165, 1.54) is 0 Å². The standard InChI is InChI=1S/C27H24F3N5O7/c28-12-1-2-19(17(29)7-12)35-11-16(27(41)42)24(40)13-8-18(30)26(33-25(13)35)34-9-14-15(10-34)23(14)32-21(37)4-3-20(36)31-6-5-22(38)39/h1-2,7-8,11,14-15,23H,3-6,9-10H2,(H,31,36)(H,32,37)(H,38,39)(H,41,42)/t14-,15+,23?.